The van der Waals surface area contributed by atoms with Crippen LogP contribution in [0.25, 0.3) is 0 Å². The fourth-order valence-corrected chi connectivity index (χ4v) is 5.99. The summed E-state index contributed by atoms with van der Waals surface area (Å²) >= 11 is 0. The predicted molar refractivity (Wildman–Crippen MR) is 221 cm³/mol. The van der Waals surface area contributed by atoms with Crippen molar-refractivity contribution in [2.24, 2.45) is 0 Å². The lowest BCUT2D eigenvalue weighted by Crippen LogP contribution is -2.64. The molecular formula is C43H81O13P. The number of phosphoric ester groups is 1. The molecule has 1 aliphatic rings. The van der Waals surface area contributed by atoms with E-state index in [1.165, 1.54) is 19.3 Å². The van der Waals surface area contributed by atoms with Crippen LogP contribution in [0.15, 0.2) is 12.2 Å². The van der Waals surface area contributed by atoms with Gasteiger partial charge in [-0.15, -0.1) is 0 Å². The SMILES string of the molecule is [2H]C([2H])([2H])C([2H])([2H])C([2H])([2H])C([2H])([2H])C([2H])([2H])C([2H])([2H])C([2H])([2H])C([2H])([2H])C([2H])([2H])C([2H])([2H])C([2H])([2H])C([2H])([2H])C([2H])([2H])C([2H])([2H])C([2H])([2H])C(=O)OC[C@H](COP(=O)(O)OC1[C@@H](O)[C@H](O)C(O)[C@H](O)[C@@H]1O)OC(=O)CCCCCCC/C=C\CCCCCCCC. The maximum Gasteiger partial charge on any atom is 0.472 e. The van der Waals surface area contributed by atoms with Crippen molar-refractivity contribution in [2.75, 3.05) is 13.2 Å². The normalized spacial score (nSPS) is 34.5. The number of hydrogen-bond acceptors (Lipinski definition) is 12. The molecule has 0 radical (unpaired) electrons. The number of aliphatic hydroxyl groups is 5. The molecule has 0 aromatic rings. The Kier molecular flexibility index (Phi) is 13.3. The van der Waals surface area contributed by atoms with Gasteiger partial charge in [0.2, 0.25) is 0 Å². The molecule has 57 heavy (non-hydrogen) atoms. The Hall–Kier alpha value is -1.41. The van der Waals surface area contributed by atoms with Crippen molar-refractivity contribution in [2.45, 2.75) is 236 Å². The van der Waals surface area contributed by atoms with Crippen LogP contribution in [0.3, 0.4) is 0 Å². The maximum atomic E-state index is 13.5. The highest BCUT2D eigenvalue weighted by atomic mass is 31.2. The van der Waals surface area contributed by atoms with E-state index in [0.29, 0.717) is 12.8 Å². The third-order valence-electron chi connectivity index (χ3n) is 8.01. The van der Waals surface area contributed by atoms with Crippen molar-refractivity contribution in [1.29, 1.82) is 0 Å². The zero-order valence-electron chi connectivity index (χ0n) is 63.0. The Labute approximate surface area is 387 Å². The number of carbonyl (C=O) groups is 2. The summed E-state index contributed by atoms with van der Waals surface area (Å²) in [6.45, 7) is -5.08. The number of allylic oxidation sites excluding steroid dienone is 2. The minimum absolute atomic E-state index is 0.141. The van der Waals surface area contributed by atoms with E-state index in [2.05, 4.69) is 19.1 Å². The molecule has 0 aromatic heterocycles. The van der Waals surface area contributed by atoms with Crippen LogP contribution in [0.1, 0.15) is 235 Å². The monoisotopic (exact) mass is 868 g/mol. The van der Waals surface area contributed by atoms with Gasteiger partial charge in [0.25, 0.3) is 0 Å². The molecule has 0 heterocycles. The largest absolute Gasteiger partial charge is 0.472 e. The Bertz CT molecular complexity index is 2340. The molecule has 0 saturated heterocycles. The van der Waals surface area contributed by atoms with Crippen molar-refractivity contribution in [1.82, 2.24) is 0 Å². The number of aliphatic hydroxyl groups excluding tert-OH is 5. The first-order valence-electron chi connectivity index (χ1n) is 34.2. The lowest BCUT2D eigenvalue weighted by atomic mass is 9.85. The van der Waals surface area contributed by atoms with E-state index >= 15 is 0 Å². The summed E-state index contributed by atoms with van der Waals surface area (Å²) in [6.07, 6.45) is -71.7. The minimum atomic E-state index is -5.72. The van der Waals surface area contributed by atoms with Gasteiger partial charge in [-0.2, -0.15) is 0 Å². The van der Waals surface area contributed by atoms with Gasteiger partial charge in [0, 0.05) is 55.3 Å². The third kappa shape index (κ3) is 27.1. The average Bonchev–Trinajstić information content (AvgIpc) is 0.702. The first-order valence-corrected chi connectivity index (χ1v) is 20.2. The summed E-state index contributed by atoms with van der Waals surface area (Å²) in [5, 5.41) is 50.5. The van der Waals surface area contributed by atoms with E-state index in [0.717, 1.165) is 44.9 Å². The molecule has 0 bridgehead atoms. The van der Waals surface area contributed by atoms with Gasteiger partial charge >= 0.3 is 19.8 Å². The van der Waals surface area contributed by atoms with Gasteiger partial charge in [-0.1, -0.05) is 154 Å². The zero-order chi connectivity index (χ0) is 69.8. The van der Waals surface area contributed by atoms with E-state index < -0.39 is 178 Å². The molecule has 1 fully saturated rings. The van der Waals surface area contributed by atoms with Crippen LogP contribution in [0.4, 0.5) is 0 Å². The first-order chi connectivity index (χ1) is 39.1. The lowest BCUT2D eigenvalue weighted by Gasteiger charge is -2.41. The highest BCUT2D eigenvalue weighted by Gasteiger charge is 2.51. The highest BCUT2D eigenvalue weighted by molar-refractivity contribution is 7.47. The molecule has 3 unspecified atom stereocenters. The fraction of sp³-hybridized carbons (Fsp3) is 0.907. The molecule has 0 amide bonds. The highest BCUT2D eigenvalue weighted by Crippen LogP contribution is 2.47. The number of carbonyl (C=O) groups excluding carboxylic acids is 2. The molecule has 336 valence electrons. The summed E-state index contributed by atoms with van der Waals surface area (Å²) in [5.41, 5.74) is 0. The van der Waals surface area contributed by atoms with Gasteiger partial charge in [0.1, 0.15) is 43.2 Å². The van der Waals surface area contributed by atoms with Crippen molar-refractivity contribution in [3.8, 4) is 0 Å². The number of rotatable bonds is 37. The summed E-state index contributed by atoms with van der Waals surface area (Å²) in [5.74, 6) is -3.79. The van der Waals surface area contributed by atoms with Crippen LogP contribution >= 0.6 is 7.82 Å². The summed E-state index contributed by atoms with van der Waals surface area (Å²) in [4.78, 5) is 37.1. The molecular weight excluding hydrogens is 755 g/mol. The Morgan fingerprint density at radius 1 is 0.649 bits per heavy atom. The molecule has 1 aliphatic carbocycles. The van der Waals surface area contributed by atoms with E-state index in [4.69, 9.17) is 61.0 Å². The van der Waals surface area contributed by atoms with Gasteiger partial charge in [-0.25, -0.2) is 4.57 Å². The average molecular weight is 868 g/mol. The number of unbranched alkanes of at least 4 members (excludes halogenated alkanes) is 11. The van der Waals surface area contributed by atoms with E-state index in [1.807, 2.05) is 0 Å². The standard InChI is InChI=1S/C43H81O13P/c1-3-5-7-9-11-13-15-17-18-20-22-24-26-28-30-32-37(45)55-35(34-54-57(51,52)56-43-41(49)39(47)38(46)40(48)42(43)50)33-53-36(44)31-29-27-25-23-21-19-16-14-12-10-8-6-4-2/h17-18,35,38-43,46-50H,3-16,19-34H2,1-2H3,(H,51,52)/b18-17-/t35-,38?,39-,40+,41+,42+,43?/m1/s1/i2D3,4D2,6D2,8D2,10D2,12D2,14D2,16D2,19D2,21D2,23D2,25D2,27D2,29D2,31D2. The van der Waals surface area contributed by atoms with Gasteiger partial charge in [0.15, 0.2) is 6.10 Å². The second kappa shape index (κ2) is 34.3. The summed E-state index contributed by atoms with van der Waals surface area (Å²) in [7, 11) is -5.72. The third-order valence-corrected chi connectivity index (χ3v) is 8.99. The maximum absolute atomic E-state index is 13.5. The second-order valence-corrected chi connectivity index (χ2v) is 14.0. The number of ether oxygens (including phenoxy) is 2. The topological polar surface area (TPSA) is 210 Å². The van der Waals surface area contributed by atoms with Crippen LogP contribution < -0.4 is 0 Å². The number of phosphoric acid groups is 1. The molecule has 1 saturated carbocycles. The molecule has 0 spiro atoms. The van der Waals surface area contributed by atoms with Crippen molar-refractivity contribution in [3.63, 3.8) is 0 Å². The van der Waals surface area contributed by atoms with E-state index in [9.17, 15) is 44.6 Å². The second-order valence-electron chi connectivity index (χ2n) is 12.6. The minimum Gasteiger partial charge on any atom is -0.462 e. The first kappa shape index (κ1) is 22.1. The van der Waals surface area contributed by atoms with Crippen LogP contribution in [0, 0.1) is 0 Å². The summed E-state index contributed by atoms with van der Waals surface area (Å²) < 4.78 is 287. The van der Waals surface area contributed by atoms with Gasteiger partial charge < -0.3 is 39.9 Å². The molecule has 6 N–H and O–H groups in total. The smallest absolute Gasteiger partial charge is 0.462 e. The summed E-state index contributed by atoms with van der Waals surface area (Å²) in [6, 6.07) is 0. The quantitative estimate of drug-likeness (QED) is 0.0151. The van der Waals surface area contributed by atoms with Crippen molar-refractivity contribution < 1.29 is 106 Å². The zero-order valence-corrected chi connectivity index (χ0v) is 32.9. The van der Waals surface area contributed by atoms with Crippen LogP contribution in [-0.2, 0) is 32.7 Å². The van der Waals surface area contributed by atoms with Gasteiger partial charge in [0.05, 0.1) is 6.61 Å². The molecule has 1 rings (SSSR count). The van der Waals surface area contributed by atoms with Gasteiger partial charge in [-0.05, 0) is 38.5 Å². The van der Waals surface area contributed by atoms with Crippen LogP contribution in [0.5, 0.6) is 0 Å². The molecule has 0 aliphatic heterocycles. The lowest BCUT2D eigenvalue weighted by molar-refractivity contribution is -0.220. The van der Waals surface area contributed by atoms with Crippen LogP contribution in [0.2, 0.25) is 0 Å². The number of hydrogen-bond donors (Lipinski definition) is 6. The predicted octanol–water partition coefficient (Wildman–Crippen LogP) is 8.28. The van der Waals surface area contributed by atoms with E-state index in [-0.39, 0.29) is 6.42 Å². The van der Waals surface area contributed by atoms with Crippen molar-refractivity contribution in [3.05, 3.63) is 12.2 Å². The Balaban J connectivity index is 3.62. The van der Waals surface area contributed by atoms with Crippen molar-refractivity contribution >= 4 is 19.8 Å². The number of esters is 2. The Morgan fingerprint density at radius 3 is 1.67 bits per heavy atom. The van der Waals surface area contributed by atoms with Gasteiger partial charge in [-0.3, -0.25) is 18.6 Å². The molecule has 13 nitrogen and oxygen atoms in total. The molecule has 8 atom stereocenters. The fourth-order valence-electron chi connectivity index (χ4n) is 5.01. The Morgan fingerprint density at radius 2 is 1.12 bits per heavy atom. The van der Waals surface area contributed by atoms with Crippen LogP contribution in [-0.4, -0.2) is 98.3 Å². The van der Waals surface area contributed by atoms with E-state index in [1.54, 1.807) is 0 Å². The molecule has 0 aromatic carbocycles. The molecule has 14 heteroatoms.